The number of anilines is 1. The van der Waals surface area contributed by atoms with Gasteiger partial charge in [-0.2, -0.15) is 0 Å². The van der Waals surface area contributed by atoms with Gasteiger partial charge in [-0.15, -0.1) is 11.3 Å². The maximum Gasteiger partial charge on any atom is 0.321 e. The zero-order valence-electron chi connectivity index (χ0n) is 17.0. The van der Waals surface area contributed by atoms with Crippen molar-refractivity contribution in [2.24, 2.45) is 5.73 Å². The number of amides is 1. The van der Waals surface area contributed by atoms with E-state index in [4.69, 9.17) is 22.1 Å². The molecule has 0 unspecified atom stereocenters. The highest BCUT2D eigenvalue weighted by molar-refractivity contribution is 7.92. The zero-order valence-corrected chi connectivity index (χ0v) is 19.4. The minimum Gasteiger partial charge on any atom is -0.422 e. The summed E-state index contributed by atoms with van der Waals surface area (Å²) in [5.74, 6) is -0.293. The number of nitrogens with one attached hydrogen (secondary N) is 1. The molecule has 0 aliphatic heterocycles. The number of hydrogen-bond donors (Lipinski definition) is 2. The van der Waals surface area contributed by atoms with Gasteiger partial charge < -0.3 is 10.5 Å². The van der Waals surface area contributed by atoms with E-state index in [0.717, 1.165) is 17.6 Å². The average molecular weight is 502 g/mol. The summed E-state index contributed by atoms with van der Waals surface area (Å²) >= 11 is 7.39. The van der Waals surface area contributed by atoms with Gasteiger partial charge in [0, 0.05) is 40.1 Å². The maximum atomic E-state index is 12.2. The number of carbonyl (C=O) groups excluding carboxylic acids is 1. The van der Waals surface area contributed by atoms with E-state index in [2.05, 4.69) is 19.7 Å². The lowest BCUT2D eigenvalue weighted by Gasteiger charge is -2.12. The molecule has 1 aromatic carbocycles. The Labute approximate surface area is 198 Å². The predicted molar refractivity (Wildman–Crippen MR) is 127 cm³/mol. The topological polar surface area (TPSA) is 137 Å². The van der Waals surface area contributed by atoms with Gasteiger partial charge in [0.2, 0.25) is 10.0 Å². The average Bonchev–Trinajstić information content (AvgIpc) is 3.18. The number of thiophene rings is 1. The molecule has 0 saturated heterocycles. The molecular weight excluding hydrogens is 486 g/mol. The van der Waals surface area contributed by atoms with Crippen molar-refractivity contribution in [2.75, 3.05) is 11.0 Å². The normalized spacial score (nSPS) is 11.2. The van der Waals surface area contributed by atoms with E-state index in [9.17, 15) is 13.2 Å². The number of ether oxygens (including phenoxy) is 1. The smallest absolute Gasteiger partial charge is 0.321 e. The Balaban J connectivity index is 1.89. The number of primary amides is 1. The zero-order chi connectivity index (χ0) is 23.6. The first-order valence-electron chi connectivity index (χ1n) is 9.31. The van der Waals surface area contributed by atoms with Crippen molar-refractivity contribution in [3.05, 3.63) is 70.3 Å². The van der Waals surface area contributed by atoms with Crippen LogP contribution in [0.1, 0.15) is 9.67 Å². The molecule has 12 heteroatoms. The maximum absolute atomic E-state index is 12.2. The molecule has 3 N–H and O–H groups in total. The number of sulfonamides is 1. The predicted octanol–water partition coefficient (Wildman–Crippen LogP) is 4.18. The second-order valence-corrected chi connectivity index (χ2v) is 9.87. The highest BCUT2D eigenvalue weighted by Crippen LogP contribution is 2.43. The molecule has 0 atom stereocenters. The highest BCUT2D eigenvalue weighted by atomic mass is 35.5. The van der Waals surface area contributed by atoms with Gasteiger partial charge in [0.05, 0.1) is 11.9 Å². The van der Waals surface area contributed by atoms with Crippen LogP contribution in [0.5, 0.6) is 11.8 Å². The summed E-state index contributed by atoms with van der Waals surface area (Å²) in [5.41, 5.74) is 7.77. The van der Waals surface area contributed by atoms with Gasteiger partial charge in [-0.05, 0) is 42.0 Å². The van der Waals surface area contributed by atoms with Crippen molar-refractivity contribution >= 4 is 44.6 Å². The Hall–Kier alpha value is -3.54. The molecule has 0 spiro atoms. The van der Waals surface area contributed by atoms with Gasteiger partial charge in [0.1, 0.15) is 10.6 Å². The molecule has 0 bridgehead atoms. The van der Waals surface area contributed by atoms with Crippen molar-refractivity contribution < 1.29 is 17.9 Å². The Kier molecular flexibility index (Phi) is 6.27. The van der Waals surface area contributed by atoms with Crippen molar-refractivity contribution in [3.8, 4) is 34.1 Å². The third-order valence-corrected chi connectivity index (χ3v) is 6.09. The summed E-state index contributed by atoms with van der Waals surface area (Å²) in [6, 6.07) is 9.81. The monoisotopic (exact) mass is 501 g/mol. The molecule has 1 amide bonds. The van der Waals surface area contributed by atoms with E-state index in [0.29, 0.717) is 28.1 Å². The van der Waals surface area contributed by atoms with Crippen LogP contribution in [-0.2, 0) is 10.0 Å². The highest BCUT2D eigenvalue weighted by Gasteiger charge is 2.23. The van der Waals surface area contributed by atoms with Gasteiger partial charge in [-0.25, -0.2) is 18.4 Å². The van der Waals surface area contributed by atoms with Gasteiger partial charge in [-0.1, -0.05) is 11.6 Å². The fourth-order valence-electron chi connectivity index (χ4n) is 3.12. The van der Waals surface area contributed by atoms with Crippen LogP contribution >= 0.6 is 22.9 Å². The van der Waals surface area contributed by atoms with Gasteiger partial charge in [-0.3, -0.25) is 14.5 Å². The van der Waals surface area contributed by atoms with Crippen LogP contribution in [0.25, 0.3) is 22.4 Å². The molecule has 3 heterocycles. The standard InChI is InChI=1S/C21H16ClN5O4S2/c1-33(29,30)27-14-9-12(8-13(22)10-14)17-15(11-32-19(17)20(23)28)18-16(4-2-5-24-18)31-21-25-6-3-7-26-21/h2-11,27H,1H3,(H2,23,28). The number of rotatable bonds is 7. The quantitative estimate of drug-likeness (QED) is 0.387. The summed E-state index contributed by atoms with van der Waals surface area (Å²) in [4.78, 5) is 25.1. The Morgan fingerprint density at radius 3 is 2.55 bits per heavy atom. The van der Waals surface area contributed by atoms with E-state index in [1.54, 1.807) is 54.3 Å². The van der Waals surface area contributed by atoms with Crippen LogP contribution in [0.2, 0.25) is 5.02 Å². The first-order chi connectivity index (χ1) is 15.7. The lowest BCUT2D eigenvalue weighted by atomic mass is 9.98. The van der Waals surface area contributed by atoms with Crippen LogP contribution < -0.4 is 15.2 Å². The molecule has 0 aliphatic rings. The summed E-state index contributed by atoms with van der Waals surface area (Å²) < 4.78 is 31.7. The number of halogens is 1. The fourth-order valence-corrected chi connectivity index (χ4v) is 4.83. The van der Waals surface area contributed by atoms with Crippen molar-refractivity contribution in [1.82, 2.24) is 15.0 Å². The van der Waals surface area contributed by atoms with Gasteiger partial charge >= 0.3 is 6.01 Å². The number of hydrogen-bond acceptors (Lipinski definition) is 8. The first kappa shape index (κ1) is 22.6. The number of carbonyl (C=O) groups is 1. The molecule has 168 valence electrons. The Bertz CT molecular complexity index is 1440. The van der Waals surface area contributed by atoms with E-state index < -0.39 is 15.9 Å². The third kappa shape index (κ3) is 5.28. The van der Waals surface area contributed by atoms with Crippen LogP contribution in [0.3, 0.4) is 0 Å². The molecular formula is C21H16ClN5O4S2. The van der Waals surface area contributed by atoms with E-state index in [1.807, 2.05) is 0 Å². The summed E-state index contributed by atoms with van der Waals surface area (Å²) in [5, 5.41) is 1.99. The van der Waals surface area contributed by atoms with Crippen LogP contribution in [0.4, 0.5) is 5.69 Å². The molecule has 9 nitrogen and oxygen atoms in total. The number of nitrogens with two attached hydrogens (primary N) is 1. The number of aromatic nitrogens is 3. The SMILES string of the molecule is CS(=O)(=O)Nc1cc(Cl)cc(-c2c(-c3ncccc3Oc3ncccn3)csc2C(N)=O)c1. The van der Waals surface area contributed by atoms with Gasteiger partial charge in [0.15, 0.2) is 5.75 Å². The summed E-state index contributed by atoms with van der Waals surface area (Å²) in [7, 11) is -3.55. The minimum atomic E-state index is -3.55. The van der Waals surface area contributed by atoms with E-state index in [-0.39, 0.29) is 21.6 Å². The van der Waals surface area contributed by atoms with Crippen molar-refractivity contribution in [2.45, 2.75) is 0 Å². The number of nitrogens with zero attached hydrogens (tertiary/aromatic N) is 3. The molecule has 3 aromatic heterocycles. The molecule has 4 rings (SSSR count). The van der Waals surface area contributed by atoms with Crippen molar-refractivity contribution in [1.29, 1.82) is 0 Å². The number of benzene rings is 1. The van der Waals surface area contributed by atoms with Gasteiger partial charge in [0.25, 0.3) is 5.91 Å². The largest absolute Gasteiger partial charge is 0.422 e. The van der Waals surface area contributed by atoms with E-state index in [1.165, 1.54) is 6.07 Å². The second-order valence-electron chi connectivity index (χ2n) is 6.80. The van der Waals surface area contributed by atoms with Crippen LogP contribution in [0, 0.1) is 0 Å². The van der Waals surface area contributed by atoms with Crippen LogP contribution in [-0.4, -0.2) is 35.5 Å². The molecule has 0 aliphatic carbocycles. The fraction of sp³-hybridized carbons (Fsp3) is 0.0476. The molecule has 0 fully saturated rings. The molecule has 0 radical (unpaired) electrons. The molecule has 4 aromatic rings. The first-order valence-corrected chi connectivity index (χ1v) is 12.5. The minimum absolute atomic E-state index is 0.126. The lowest BCUT2D eigenvalue weighted by Crippen LogP contribution is -2.11. The molecule has 33 heavy (non-hydrogen) atoms. The lowest BCUT2D eigenvalue weighted by molar-refractivity contribution is 0.100. The summed E-state index contributed by atoms with van der Waals surface area (Å²) in [6.07, 6.45) is 5.69. The molecule has 0 saturated carbocycles. The summed E-state index contributed by atoms with van der Waals surface area (Å²) in [6.45, 7) is 0. The van der Waals surface area contributed by atoms with E-state index >= 15 is 0 Å². The second kappa shape index (κ2) is 9.14. The van der Waals surface area contributed by atoms with Crippen molar-refractivity contribution in [3.63, 3.8) is 0 Å². The van der Waals surface area contributed by atoms with Crippen LogP contribution in [0.15, 0.2) is 60.4 Å². The third-order valence-electron chi connectivity index (χ3n) is 4.27. The number of pyridine rings is 1. The Morgan fingerprint density at radius 1 is 1.12 bits per heavy atom. The Morgan fingerprint density at radius 2 is 1.85 bits per heavy atom.